The zero-order valence-electron chi connectivity index (χ0n) is 17.2. The van der Waals surface area contributed by atoms with Crippen molar-refractivity contribution in [2.24, 2.45) is 0 Å². The molecule has 7 nitrogen and oxygen atoms in total. The third-order valence-corrected chi connectivity index (χ3v) is 4.51. The van der Waals surface area contributed by atoms with Crippen molar-refractivity contribution in [1.29, 1.82) is 0 Å². The monoisotopic (exact) mass is 415 g/mol. The van der Waals surface area contributed by atoms with E-state index < -0.39 is 0 Å². The smallest absolute Gasteiger partial charge is 0.231 e. The number of hydrogen-bond donors (Lipinski definition) is 1. The zero-order valence-corrected chi connectivity index (χ0v) is 17.2. The third-order valence-electron chi connectivity index (χ3n) is 4.51. The van der Waals surface area contributed by atoms with Crippen LogP contribution in [0.1, 0.15) is 18.4 Å². The molecule has 3 aromatic carbocycles. The molecule has 0 radical (unpaired) electrons. The number of rotatable bonds is 7. The Labute approximate surface area is 179 Å². The molecular weight excluding hydrogens is 394 g/mol. The van der Waals surface area contributed by atoms with E-state index in [-0.39, 0.29) is 5.91 Å². The topological polar surface area (TPSA) is 86.5 Å². The van der Waals surface area contributed by atoms with Crippen LogP contribution in [0.25, 0.3) is 11.4 Å². The minimum Gasteiger partial charge on any atom is -0.497 e. The first kappa shape index (κ1) is 20.2. The first-order chi connectivity index (χ1) is 15.1. The first-order valence-corrected chi connectivity index (χ1v) is 9.70. The molecule has 0 saturated heterocycles. The van der Waals surface area contributed by atoms with E-state index in [1.165, 1.54) is 6.92 Å². The number of ether oxygens (including phenoxy) is 2. The number of benzene rings is 3. The lowest BCUT2D eigenvalue weighted by atomic mass is 10.1. The van der Waals surface area contributed by atoms with E-state index >= 15 is 0 Å². The van der Waals surface area contributed by atoms with Crippen LogP contribution in [-0.2, 0) is 11.2 Å². The van der Waals surface area contributed by atoms with Crippen molar-refractivity contribution >= 4 is 11.6 Å². The minimum atomic E-state index is -0.113. The van der Waals surface area contributed by atoms with Gasteiger partial charge in [-0.25, -0.2) is 0 Å². The molecule has 156 valence electrons. The van der Waals surface area contributed by atoms with Gasteiger partial charge in [0.2, 0.25) is 17.6 Å². The van der Waals surface area contributed by atoms with Crippen LogP contribution in [0.3, 0.4) is 0 Å². The summed E-state index contributed by atoms with van der Waals surface area (Å²) in [6, 6.07) is 22.4. The molecule has 0 aliphatic carbocycles. The van der Waals surface area contributed by atoms with Crippen molar-refractivity contribution in [1.82, 2.24) is 10.1 Å². The average molecular weight is 415 g/mol. The van der Waals surface area contributed by atoms with E-state index in [9.17, 15) is 4.79 Å². The number of anilines is 1. The normalized spacial score (nSPS) is 10.5. The Hall–Kier alpha value is -4.13. The van der Waals surface area contributed by atoms with E-state index in [1.54, 1.807) is 31.4 Å². The second-order valence-corrected chi connectivity index (χ2v) is 6.87. The quantitative estimate of drug-likeness (QED) is 0.453. The zero-order chi connectivity index (χ0) is 21.6. The minimum absolute atomic E-state index is 0.113. The largest absolute Gasteiger partial charge is 0.497 e. The van der Waals surface area contributed by atoms with E-state index in [0.717, 1.165) is 22.6 Å². The highest BCUT2D eigenvalue weighted by atomic mass is 16.5. The molecule has 0 unspecified atom stereocenters. The molecule has 0 bridgehead atoms. The highest BCUT2D eigenvalue weighted by molar-refractivity contribution is 5.88. The van der Waals surface area contributed by atoms with E-state index in [1.807, 2.05) is 48.5 Å². The highest BCUT2D eigenvalue weighted by Crippen LogP contribution is 2.26. The summed E-state index contributed by atoms with van der Waals surface area (Å²) < 4.78 is 16.4. The van der Waals surface area contributed by atoms with Gasteiger partial charge in [0.25, 0.3) is 0 Å². The van der Waals surface area contributed by atoms with Crippen molar-refractivity contribution in [2.45, 2.75) is 13.3 Å². The number of nitrogens with zero attached hydrogens (tertiary/aromatic N) is 2. The van der Waals surface area contributed by atoms with Gasteiger partial charge in [-0.3, -0.25) is 4.79 Å². The highest BCUT2D eigenvalue weighted by Gasteiger charge is 2.10. The molecule has 0 spiro atoms. The van der Waals surface area contributed by atoms with Crippen molar-refractivity contribution in [3.8, 4) is 28.6 Å². The van der Waals surface area contributed by atoms with Crippen LogP contribution in [0.4, 0.5) is 5.69 Å². The summed E-state index contributed by atoms with van der Waals surface area (Å²) in [6.45, 7) is 1.47. The molecule has 0 saturated carbocycles. The Bertz CT molecular complexity index is 1150. The van der Waals surface area contributed by atoms with Crippen LogP contribution < -0.4 is 14.8 Å². The van der Waals surface area contributed by atoms with Crippen LogP contribution in [0.15, 0.2) is 77.3 Å². The van der Waals surface area contributed by atoms with E-state index in [2.05, 4.69) is 15.5 Å². The van der Waals surface area contributed by atoms with Gasteiger partial charge in [-0.2, -0.15) is 4.98 Å². The predicted molar refractivity (Wildman–Crippen MR) is 116 cm³/mol. The third kappa shape index (κ3) is 5.27. The number of aromatic nitrogens is 2. The van der Waals surface area contributed by atoms with Gasteiger partial charge in [-0.15, -0.1) is 0 Å². The number of nitrogens with one attached hydrogen (secondary N) is 1. The molecule has 31 heavy (non-hydrogen) atoms. The summed E-state index contributed by atoms with van der Waals surface area (Å²) in [5.74, 6) is 3.11. The maximum Gasteiger partial charge on any atom is 0.231 e. The van der Waals surface area contributed by atoms with Gasteiger partial charge in [0.15, 0.2) is 0 Å². The van der Waals surface area contributed by atoms with Gasteiger partial charge in [0.05, 0.1) is 13.5 Å². The Balaban J connectivity index is 1.39. The van der Waals surface area contributed by atoms with Gasteiger partial charge in [-0.1, -0.05) is 17.3 Å². The van der Waals surface area contributed by atoms with Gasteiger partial charge in [-0.05, 0) is 66.2 Å². The molecule has 0 fully saturated rings. The standard InChI is InChI=1S/C24H21N3O4/c1-16(28)25-19-7-13-22(14-8-19)30-21-11-5-18(6-12-21)24-26-23(31-27-24)15-17-3-9-20(29-2)10-4-17/h3-14H,15H2,1-2H3,(H,25,28). The van der Waals surface area contributed by atoms with Crippen molar-refractivity contribution < 1.29 is 18.8 Å². The molecular formula is C24H21N3O4. The molecule has 1 amide bonds. The molecule has 1 N–H and O–H groups in total. The lowest BCUT2D eigenvalue weighted by molar-refractivity contribution is -0.114. The lowest BCUT2D eigenvalue weighted by Gasteiger charge is -2.07. The molecule has 7 heteroatoms. The summed E-state index contributed by atoms with van der Waals surface area (Å²) in [5.41, 5.74) is 2.61. The van der Waals surface area contributed by atoms with Crippen molar-refractivity contribution in [3.05, 3.63) is 84.3 Å². The Morgan fingerprint density at radius 1 is 0.903 bits per heavy atom. The van der Waals surface area contributed by atoms with Crippen LogP contribution >= 0.6 is 0 Å². The summed E-state index contributed by atoms with van der Waals surface area (Å²) in [6.07, 6.45) is 0.548. The van der Waals surface area contributed by atoms with Crippen LogP contribution in [0.2, 0.25) is 0 Å². The lowest BCUT2D eigenvalue weighted by Crippen LogP contribution is -2.05. The average Bonchev–Trinajstić information content (AvgIpc) is 3.24. The van der Waals surface area contributed by atoms with Crippen LogP contribution in [0.5, 0.6) is 17.2 Å². The molecule has 4 aromatic rings. The number of amides is 1. The summed E-state index contributed by atoms with van der Waals surface area (Å²) in [4.78, 5) is 15.6. The summed E-state index contributed by atoms with van der Waals surface area (Å²) in [7, 11) is 1.64. The van der Waals surface area contributed by atoms with Crippen LogP contribution in [-0.4, -0.2) is 23.2 Å². The van der Waals surface area contributed by atoms with Crippen molar-refractivity contribution in [2.75, 3.05) is 12.4 Å². The number of carbonyl (C=O) groups is 1. The summed E-state index contributed by atoms with van der Waals surface area (Å²) in [5, 5.41) is 6.80. The number of hydrogen-bond acceptors (Lipinski definition) is 6. The SMILES string of the molecule is COc1ccc(Cc2nc(-c3ccc(Oc4ccc(NC(C)=O)cc4)cc3)no2)cc1. The number of methoxy groups -OCH3 is 1. The molecule has 4 rings (SSSR count). The maximum absolute atomic E-state index is 11.1. The Morgan fingerprint density at radius 3 is 2.13 bits per heavy atom. The van der Waals surface area contributed by atoms with Crippen LogP contribution in [0, 0.1) is 0 Å². The Kier molecular flexibility index (Phi) is 5.93. The molecule has 0 aliphatic rings. The van der Waals surface area contributed by atoms with Gasteiger partial charge >= 0.3 is 0 Å². The van der Waals surface area contributed by atoms with E-state index in [4.69, 9.17) is 14.0 Å². The maximum atomic E-state index is 11.1. The molecule has 1 aromatic heterocycles. The van der Waals surface area contributed by atoms with Gasteiger partial charge < -0.3 is 19.3 Å². The second kappa shape index (κ2) is 9.13. The fraction of sp³-hybridized carbons (Fsp3) is 0.125. The molecule has 1 heterocycles. The summed E-state index contributed by atoms with van der Waals surface area (Å²) >= 11 is 0. The van der Waals surface area contributed by atoms with Gasteiger partial charge in [0.1, 0.15) is 17.2 Å². The second-order valence-electron chi connectivity index (χ2n) is 6.87. The van der Waals surface area contributed by atoms with Gasteiger partial charge in [0, 0.05) is 18.2 Å². The first-order valence-electron chi connectivity index (χ1n) is 9.70. The fourth-order valence-electron chi connectivity index (χ4n) is 2.98. The predicted octanol–water partition coefficient (Wildman–Crippen LogP) is 5.09. The Morgan fingerprint density at radius 2 is 1.52 bits per heavy atom. The molecule has 0 atom stereocenters. The van der Waals surface area contributed by atoms with Crippen molar-refractivity contribution in [3.63, 3.8) is 0 Å². The fourth-order valence-corrected chi connectivity index (χ4v) is 2.98. The van der Waals surface area contributed by atoms with E-state index in [0.29, 0.717) is 29.6 Å². The number of carbonyl (C=O) groups excluding carboxylic acids is 1. The molecule has 0 aliphatic heterocycles.